The van der Waals surface area contributed by atoms with Crippen LogP contribution in [-0.2, 0) is 4.79 Å². The maximum absolute atomic E-state index is 10.8. The lowest BCUT2D eigenvalue weighted by atomic mass is 9.88. The molecule has 2 atom stereocenters. The van der Waals surface area contributed by atoms with Gasteiger partial charge in [0.05, 0.1) is 6.61 Å². The van der Waals surface area contributed by atoms with Crippen molar-refractivity contribution in [1.82, 2.24) is 0 Å². The Bertz CT molecular complexity index is 418. The summed E-state index contributed by atoms with van der Waals surface area (Å²) in [6.07, 6.45) is -0.943. The van der Waals surface area contributed by atoms with Gasteiger partial charge in [-0.2, -0.15) is 0 Å². The molecule has 86 valence electrons. The van der Waals surface area contributed by atoms with Crippen LogP contribution >= 0.6 is 11.6 Å². The summed E-state index contributed by atoms with van der Waals surface area (Å²) in [6, 6.07) is 5.02. The minimum atomic E-state index is -1.42. The highest BCUT2D eigenvalue weighted by molar-refractivity contribution is 6.30. The minimum absolute atomic E-state index is 0.406. The van der Waals surface area contributed by atoms with Crippen LogP contribution in [0.1, 0.15) is 17.9 Å². The Balaban J connectivity index is 2.38. The molecule has 1 aliphatic rings. The number of halogens is 1. The Labute approximate surface area is 97.4 Å². The molecule has 2 N–H and O–H groups in total. The molecule has 0 radical (unpaired) electrons. The van der Waals surface area contributed by atoms with E-state index in [9.17, 15) is 9.90 Å². The summed E-state index contributed by atoms with van der Waals surface area (Å²) in [7, 11) is 0. The molecule has 0 fully saturated rings. The number of carbonyl (C=O) groups is 1. The lowest BCUT2D eigenvalue weighted by Crippen LogP contribution is -2.31. The molecule has 16 heavy (non-hydrogen) atoms. The molecule has 2 rings (SSSR count). The standard InChI is InChI=1S/C11H11ClO4/c12-6-1-2-9-8(5-6)7(3-4-16-9)10(13)11(14)15/h1-2,5,7,10,13H,3-4H2,(H,14,15). The fraction of sp³-hybridized carbons (Fsp3) is 0.364. The van der Waals surface area contributed by atoms with Crippen LogP contribution in [0.25, 0.3) is 0 Å². The third-order valence-electron chi connectivity index (χ3n) is 2.69. The van der Waals surface area contributed by atoms with Crippen LogP contribution in [0.2, 0.25) is 5.02 Å². The van der Waals surface area contributed by atoms with Gasteiger partial charge in [0.15, 0.2) is 6.10 Å². The molecule has 1 heterocycles. The van der Waals surface area contributed by atoms with E-state index in [-0.39, 0.29) is 0 Å². The number of benzene rings is 1. The minimum Gasteiger partial charge on any atom is -0.493 e. The van der Waals surface area contributed by atoms with Gasteiger partial charge in [-0.05, 0) is 24.6 Å². The normalized spacial score (nSPS) is 20.8. The summed E-state index contributed by atoms with van der Waals surface area (Å²) in [4.78, 5) is 10.8. The van der Waals surface area contributed by atoms with Crippen molar-refractivity contribution in [3.63, 3.8) is 0 Å². The van der Waals surface area contributed by atoms with Gasteiger partial charge in [-0.3, -0.25) is 0 Å². The number of ether oxygens (including phenoxy) is 1. The van der Waals surface area contributed by atoms with Gasteiger partial charge in [0.2, 0.25) is 0 Å². The first-order valence-electron chi connectivity index (χ1n) is 4.92. The number of aliphatic carboxylic acids is 1. The van der Waals surface area contributed by atoms with Crippen LogP contribution in [0.15, 0.2) is 18.2 Å². The number of fused-ring (bicyclic) bond motifs is 1. The first-order chi connectivity index (χ1) is 7.59. The predicted octanol–water partition coefficient (Wildman–Crippen LogP) is 1.65. The topological polar surface area (TPSA) is 66.8 Å². The van der Waals surface area contributed by atoms with Gasteiger partial charge in [-0.15, -0.1) is 0 Å². The summed E-state index contributed by atoms with van der Waals surface area (Å²) in [5.74, 6) is -1.08. The van der Waals surface area contributed by atoms with E-state index in [4.69, 9.17) is 21.4 Å². The fourth-order valence-corrected chi connectivity index (χ4v) is 2.07. The quantitative estimate of drug-likeness (QED) is 0.828. The van der Waals surface area contributed by atoms with Gasteiger partial charge in [0.1, 0.15) is 5.75 Å². The lowest BCUT2D eigenvalue weighted by Gasteiger charge is -2.27. The molecule has 1 aromatic rings. The molecule has 0 bridgehead atoms. The van der Waals surface area contributed by atoms with E-state index in [0.717, 1.165) is 0 Å². The summed E-state index contributed by atoms with van der Waals surface area (Å²) < 4.78 is 5.38. The molecular weight excluding hydrogens is 232 g/mol. The van der Waals surface area contributed by atoms with Gasteiger partial charge >= 0.3 is 5.97 Å². The molecule has 0 aromatic heterocycles. The average Bonchev–Trinajstić information content (AvgIpc) is 2.27. The molecule has 1 aromatic carbocycles. The third kappa shape index (κ3) is 1.99. The molecule has 4 nitrogen and oxygen atoms in total. The zero-order valence-electron chi connectivity index (χ0n) is 8.39. The Kier molecular flexibility index (Phi) is 3.03. The highest BCUT2D eigenvalue weighted by Gasteiger charge is 2.32. The maximum atomic E-state index is 10.8. The largest absolute Gasteiger partial charge is 0.493 e. The van der Waals surface area contributed by atoms with E-state index in [0.29, 0.717) is 29.4 Å². The van der Waals surface area contributed by atoms with Crippen LogP contribution in [-0.4, -0.2) is 28.9 Å². The van der Waals surface area contributed by atoms with Crippen molar-refractivity contribution in [3.05, 3.63) is 28.8 Å². The molecule has 0 aliphatic carbocycles. The number of hydrogen-bond acceptors (Lipinski definition) is 3. The van der Waals surface area contributed by atoms with E-state index in [1.165, 1.54) is 0 Å². The van der Waals surface area contributed by atoms with Gasteiger partial charge in [-0.1, -0.05) is 11.6 Å². The SMILES string of the molecule is O=C(O)C(O)C1CCOc2ccc(Cl)cc21. The van der Waals surface area contributed by atoms with Crippen molar-refractivity contribution in [1.29, 1.82) is 0 Å². The van der Waals surface area contributed by atoms with E-state index in [1.807, 2.05) is 0 Å². The molecule has 0 spiro atoms. The Morgan fingerprint density at radius 3 is 3.00 bits per heavy atom. The monoisotopic (exact) mass is 242 g/mol. The second-order valence-corrected chi connectivity index (χ2v) is 4.15. The second kappa shape index (κ2) is 4.31. The van der Waals surface area contributed by atoms with Crippen molar-refractivity contribution in [3.8, 4) is 5.75 Å². The Hall–Kier alpha value is -1.26. The first-order valence-corrected chi connectivity index (χ1v) is 5.30. The first kappa shape index (κ1) is 11.2. The number of hydrogen-bond donors (Lipinski definition) is 2. The second-order valence-electron chi connectivity index (χ2n) is 3.71. The van der Waals surface area contributed by atoms with Crippen LogP contribution in [0.4, 0.5) is 0 Å². The number of carboxylic acids is 1. The van der Waals surface area contributed by atoms with Crippen LogP contribution in [0.3, 0.4) is 0 Å². The third-order valence-corrected chi connectivity index (χ3v) is 2.93. The smallest absolute Gasteiger partial charge is 0.333 e. The molecular formula is C11H11ClO4. The van der Waals surface area contributed by atoms with Crippen molar-refractivity contribution in [2.45, 2.75) is 18.4 Å². The zero-order valence-corrected chi connectivity index (χ0v) is 9.15. The van der Waals surface area contributed by atoms with Crippen molar-refractivity contribution >= 4 is 17.6 Å². The molecule has 0 amide bonds. The van der Waals surface area contributed by atoms with Crippen molar-refractivity contribution in [2.24, 2.45) is 0 Å². The summed E-state index contributed by atoms with van der Waals surface area (Å²) in [5.41, 5.74) is 0.661. The number of aliphatic hydroxyl groups excluding tert-OH is 1. The molecule has 1 aliphatic heterocycles. The molecule has 5 heteroatoms. The predicted molar refractivity (Wildman–Crippen MR) is 57.9 cm³/mol. The van der Waals surface area contributed by atoms with Crippen LogP contribution in [0.5, 0.6) is 5.75 Å². The lowest BCUT2D eigenvalue weighted by molar-refractivity contribution is -0.148. The summed E-state index contributed by atoms with van der Waals surface area (Å²) in [6.45, 7) is 0.406. The van der Waals surface area contributed by atoms with Gasteiger partial charge in [0, 0.05) is 16.5 Å². The Morgan fingerprint density at radius 2 is 2.31 bits per heavy atom. The highest BCUT2D eigenvalue weighted by atomic mass is 35.5. The van der Waals surface area contributed by atoms with Crippen molar-refractivity contribution in [2.75, 3.05) is 6.61 Å². The zero-order chi connectivity index (χ0) is 11.7. The van der Waals surface area contributed by atoms with Gasteiger partial charge in [0.25, 0.3) is 0 Å². The van der Waals surface area contributed by atoms with Crippen LogP contribution < -0.4 is 4.74 Å². The summed E-state index contributed by atoms with van der Waals surface area (Å²) >= 11 is 5.84. The summed E-state index contributed by atoms with van der Waals surface area (Å²) in [5, 5.41) is 18.9. The van der Waals surface area contributed by atoms with Gasteiger partial charge < -0.3 is 14.9 Å². The molecule has 0 saturated carbocycles. The van der Waals surface area contributed by atoms with E-state index >= 15 is 0 Å². The van der Waals surface area contributed by atoms with Crippen LogP contribution in [0, 0.1) is 0 Å². The van der Waals surface area contributed by atoms with Gasteiger partial charge in [-0.25, -0.2) is 4.79 Å². The van der Waals surface area contributed by atoms with E-state index < -0.39 is 18.0 Å². The van der Waals surface area contributed by atoms with Crippen molar-refractivity contribution < 1.29 is 19.7 Å². The fourth-order valence-electron chi connectivity index (χ4n) is 1.89. The number of rotatable bonds is 2. The van der Waals surface area contributed by atoms with E-state index in [1.54, 1.807) is 18.2 Å². The Morgan fingerprint density at radius 1 is 1.56 bits per heavy atom. The number of aliphatic hydroxyl groups is 1. The van der Waals surface area contributed by atoms with E-state index in [2.05, 4.69) is 0 Å². The number of carboxylic acid groups (broad SMARTS) is 1. The molecule has 2 unspecified atom stereocenters. The maximum Gasteiger partial charge on any atom is 0.333 e. The average molecular weight is 243 g/mol. The highest BCUT2D eigenvalue weighted by Crippen LogP contribution is 2.37. The molecule has 0 saturated heterocycles.